The molecule has 0 amide bonds. The lowest BCUT2D eigenvalue weighted by atomic mass is 10.1. The van der Waals surface area contributed by atoms with Crippen molar-refractivity contribution in [2.45, 2.75) is 277 Å². The van der Waals surface area contributed by atoms with Crippen molar-refractivity contribution in [3.63, 3.8) is 0 Å². The van der Waals surface area contributed by atoms with Gasteiger partial charge in [-0.05, 0) is 116 Å². The van der Waals surface area contributed by atoms with E-state index in [1.54, 1.807) is 0 Å². The van der Waals surface area contributed by atoms with Gasteiger partial charge in [0.25, 0.3) is 0 Å². The Hall–Kier alpha value is -3.41. The normalized spacial score (nSPS) is 12.7. The van der Waals surface area contributed by atoms with Gasteiger partial charge in [-0.1, -0.05) is 221 Å². The quantitative estimate of drug-likeness (QED) is 0.0262. The minimum absolute atomic E-state index is 0.0965. The predicted molar refractivity (Wildman–Crippen MR) is 293 cm³/mol. The standard InChI is InChI=1S/C62H106O6/c1-4-7-10-13-16-19-22-25-28-30-31-33-34-37-40-43-46-49-52-55-61(64)67-58-59(57-66-60(63)54-51-48-45-42-39-36-27-24-21-18-15-12-9-6-3)68-62(65)56-53-50-47-44-41-38-35-32-29-26-23-20-17-14-11-8-5-2/h7,10,16,19,25-26,28-29,31,33,36-37,39-40,59H,4-6,8-9,11-15,17-18,20-24,27,30,32,34-35,38,41-58H2,1-3H3/b10-7-,19-16-,28-25-,29-26-,33-31-,39-36-,40-37-. The number of ether oxygens (including phenoxy) is 3. The van der Waals surface area contributed by atoms with Gasteiger partial charge in [-0.3, -0.25) is 14.4 Å². The van der Waals surface area contributed by atoms with Gasteiger partial charge in [0.15, 0.2) is 6.10 Å². The molecule has 0 rings (SSSR count). The van der Waals surface area contributed by atoms with Gasteiger partial charge < -0.3 is 14.2 Å². The average Bonchev–Trinajstić information content (AvgIpc) is 3.34. The third-order valence-corrected chi connectivity index (χ3v) is 12.1. The lowest BCUT2D eigenvalue weighted by molar-refractivity contribution is -0.167. The summed E-state index contributed by atoms with van der Waals surface area (Å²) < 4.78 is 16.8. The third kappa shape index (κ3) is 53.5. The highest BCUT2D eigenvalue weighted by Crippen LogP contribution is 2.14. The van der Waals surface area contributed by atoms with E-state index in [9.17, 15) is 14.4 Å². The number of rotatable bonds is 51. The fourth-order valence-electron chi connectivity index (χ4n) is 7.81. The number of carbonyl (C=O) groups excluding carboxylic acids is 3. The van der Waals surface area contributed by atoms with Gasteiger partial charge in [0.05, 0.1) is 0 Å². The van der Waals surface area contributed by atoms with Crippen LogP contribution in [0.4, 0.5) is 0 Å². The Morgan fingerprint density at radius 2 is 0.574 bits per heavy atom. The summed E-state index contributed by atoms with van der Waals surface area (Å²) in [5.41, 5.74) is 0. The van der Waals surface area contributed by atoms with Gasteiger partial charge in [-0.25, -0.2) is 0 Å². The Morgan fingerprint density at radius 1 is 0.309 bits per heavy atom. The highest BCUT2D eigenvalue weighted by atomic mass is 16.6. The molecule has 390 valence electrons. The average molecular weight is 948 g/mol. The van der Waals surface area contributed by atoms with Gasteiger partial charge in [0.2, 0.25) is 0 Å². The van der Waals surface area contributed by atoms with Crippen LogP contribution < -0.4 is 0 Å². The zero-order chi connectivity index (χ0) is 49.3. The molecule has 0 aliphatic rings. The first-order chi connectivity index (χ1) is 33.5. The summed E-state index contributed by atoms with van der Waals surface area (Å²) in [6.07, 6.45) is 72.8. The van der Waals surface area contributed by atoms with E-state index in [-0.39, 0.29) is 31.1 Å². The minimum Gasteiger partial charge on any atom is -0.462 e. The van der Waals surface area contributed by atoms with Crippen molar-refractivity contribution in [3.8, 4) is 0 Å². The molecule has 1 atom stereocenters. The number of hydrogen-bond donors (Lipinski definition) is 0. The van der Waals surface area contributed by atoms with Crippen molar-refractivity contribution in [2.24, 2.45) is 0 Å². The monoisotopic (exact) mass is 947 g/mol. The molecule has 1 unspecified atom stereocenters. The van der Waals surface area contributed by atoms with Crippen molar-refractivity contribution in [1.29, 1.82) is 0 Å². The molecular formula is C62H106O6. The number of hydrogen-bond acceptors (Lipinski definition) is 6. The summed E-state index contributed by atoms with van der Waals surface area (Å²) in [5.74, 6) is -0.943. The lowest BCUT2D eigenvalue weighted by Gasteiger charge is -2.18. The molecule has 0 bridgehead atoms. The maximum absolute atomic E-state index is 12.9. The van der Waals surface area contributed by atoms with E-state index < -0.39 is 6.10 Å². The van der Waals surface area contributed by atoms with Crippen molar-refractivity contribution < 1.29 is 28.6 Å². The van der Waals surface area contributed by atoms with Gasteiger partial charge >= 0.3 is 17.9 Å². The smallest absolute Gasteiger partial charge is 0.306 e. The fraction of sp³-hybridized carbons (Fsp3) is 0.726. The van der Waals surface area contributed by atoms with Crippen molar-refractivity contribution in [1.82, 2.24) is 0 Å². The van der Waals surface area contributed by atoms with Gasteiger partial charge in [-0.2, -0.15) is 0 Å². The Morgan fingerprint density at radius 3 is 0.926 bits per heavy atom. The molecule has 0 spiro atoms. The van der Waals surface area contributed by atoms with E-state index in [1.165, 1.54) is 122 Å². The van der Waals surface area contributed by atoms with Crippen LogP contribution in [0.15, 0.2) is 85.1 Å². The van der Waals surface area contributed by atoms with Crippen LogP contribution in [0, 0.1) is 0 Å². The van der Waals surface area contributed by atoms with Crippen LogP contribution in [-0.2, 0) is 28.6 Å². The number of carbonyl (C=O) groups is 3. The molecule has 0 saturated carbocycles. The van der Waals surface area contributed by atoms with Crippen LogP contribution in [0.25, 0.3) is 0 Å². The van der Waals surface area contributed by atoms with Crippen LogP contribution in [0.2, 0.25) is 0 Å². The van der Waals surface area contributed by atoms with Gasteiger partial charge in [-0.15, -0.1) is 0 Å². The minimum atomic E-state index is -0.799. The van der Waals surface area contributed by atoms with Crippen molar-refractivity contribution >= 4 is 17.9 Å². The molecule has 0 fully saturated rings. The zero-order valence-electron chi connectivity index (χ0n) is 44.6. The molecule has 0 aromatic carbocycles. The molecule has 6 nitrogen and oxygen atoms in total. The number of unbranched alkanes of at least 4 members (excludes halogenated alkanes) is 26. The van der Waals surface area contributed by atoms with Gasteiger partial charge in [0, 0.05) is 19.3 Å². The molecule has 0 aliphatic carbocycles. The maximum atomic E-state index is 12.9. The Kier molecular flexibility index (Phi) is 53.4. The van der Waals surface area contributed by atoms with E-state index in [4.69, 9.17) is 14.2 Å². The van der Waals surface area contributed by atoms with E-state index in [0.29, 0.717) is 19.3 Å². The van der Waals surface area contributed by atoms with E-state index >= 15 is 0 Å². The first kappa shape index (κ1) is 64.6. The number of allylic oxidation sites excluding steroid dienone is 14. The summed E-state index contributed by atoms with van der Waals surface area (Å²) in [6.45, 7) is 6.48. The van der Waals surface area contributed by atoms with E-state index in [1.807, 2.05) is 0 Å². The molecule has 0 aliphatic heterocycles. The van der Waals surface area contributed by atoms with Crippen LogP contribution in [0.3, 0.4) is 0 Å². The van der Waals surface area contributed by atoms with Crippen molar-refractivity contribution in [3.05, 3.63) is 85.1 Å². The fourth-order valence-corrected chi connectivity index (χ4v) is 7.81. The van der Waals surface area contributed by atoms with Crippen LogP contribution in [0.1, 0.15) is 271 Å². The summed E-state index contributed by atoms with van der Waals surface area (Å²) in [5, 5.41) is 0. The first-order valence-corrected chi connectivity index (χ1v) is 28.6. The molecule has 0 heterocycles. The second-order valence-electron chi connectivity index (χ2n) is 18.8. The Labute approximate surface area is 420 Å². The molecule has 0 aromatic rings. The Bertz CT molecular complexity index is 1320. The largest absolute Gasteiger partial charge is 0.462 e. The highest BCUT2D eigenvalue weighted by molar-refractivity contribution is 5.71. The predicted octanol–water partition coefficient (Wildman–Crippen LogP) is 19.2. The lowest BCUT2D eigenvalue weighted by Crippen LogP contribution is -2.30. The second-order valence-corrected chi connectivity index (χ2v) is 18.8. The first-order valence-electron chi connectivity index (χ1n) is 28.6. The Balaban J connectivity index is 4.46. The maximum Gasteiger partial charge on any atom is 0.306 e. The van der Waals surface area contributed by atoms with Crippen LogP contribution >= 0.6 is 0 Å². The van der Waals surface area contributed by atoms with Crippen LogP contribution in [-0.4, -0.2) is 37.2 Å². The summed E-state index contributed by atoms with van der Waals surface area (Å²) in [4.78, 5) is 38.1. The summed E-state index contributed by atoms with van der Waals surface area (Å²) in [6, 6.07) is 0. The molecular weight excluding hydrogens is 841 g/mol. The highest BCUT2D eigenvalue weighted by Gasteiger charge is 2.19. The molecule has 0 radical (unpaired) electrons. The molecule has 6 heteroatoms. The summed E-state index contributed by atoms with van der Waals surface area (Å²) in [7, 11) is 0. The van der Waals surface area contributed by atoms with Crippen LogP contribution in [0.5, 0.6) is 0 Å². The third-order valence-electron chi connectivity index (χ3n) is 12.1. The van der Waals surface area contributed by atoms with Crippen molar-refractivity contribution in [2.75, 3.05) is 13.2 Å². The summed E-state index contributed by atoms with van der Waals surface area (Å²) >= 11 is 0. The molecule has 0 aromatic heterocycles. The SMILES string of the molecule is CC/C=C\C/C=C\C/C=C\C/C=C\C/C=C\CCCCCC(=O)OCC(COC(=O)CCCCC/C=C\CCCCCCCCC)OC(=O)CCCCCCCCC/C=C\CCCCCCCC. The zero-order valence-corrected chi connectivity index (χ0v) is 44.6. The molecule has 68 heavy (non-hydrogen) atoms. The van der Waals surface area contributed by atoms with Gasteiger partial charge in [0.1, 0.15) is 13.2 Å². The molecule has 0 N–H and O–H groups in total. The molecule has 0 saturated heterocycles. The van der Waals surface area contributed by atoms with E-state index in [0.717, 1.165) is 109 Å². The topological polar surface area (TPSA) is 78.9 Å². The van der Waals surface area contributed by atoms with E-state index in [2.05, 4.69) is 106 Å². The second kappa shape index (κ2) is 56.2. The number of esters is 3.